The van der Waals surface area contributed by atoms with Gasteiger partial charge in [-0.15, -0.1) is 0 Å². The summed E-state index contributed by atoms with van der Waals surface area (Å²) in [5.41, 5.74) is 0.561. The van der Waals surface area contributed by atoms with Crippen LogP contribution in [0.3, 0.4) is 0 Å². The number of hydrogen-bond acceptors (Lipinski definition) is 3. The van der Waals surface area contributed by atoms with Crippen molar-refractivity contribution in [3.63, 3.8) is 0 Å². The van der Waals surface area contributed by atoms with Crippen LogP contribution in [0.4, 0.5) is 4.39 Å². The molecular formula is C12H13ClFNO3. The average molecular weight is 274 g/mol. The molecule has 1 aromatic carbocycles. The van der Waals surface area contributed by atoms with Gasteiger partial charge in [0.05, 0.1) is 13.0 Å². The number of methoxy groups -OCH3 is 1. The number of hydrogen-bond donors (Lipinski definition) is 2. The van der Waals surface area contributed by atoms with Crippen LogP contribution in [0.15, 0.2) is 12.1 Å². The Morgan fingerprint density at radius 2 is 2.33 bits per heavy atom. The SMILES string of the molecule is COc1c(F)cc(Cl)cc1C1CC(C(=O)O)CN1. The van der Waals surface area contributed by atoms with Gasteiger partial charge in [-0.2, -0.15) is 0 Å². The molecule has 0 spiro atoms. The zero-order chi connectivity index (χ0) is 13.3. The molecule has 1 aliphatic heterocycles. The van der Waals surface area contributed by atoms with Gasteiger partial charge >= 0.3 is 5.97 Å². The Bertz CT molecular complexity index is 481. The van der Waals surface area contributed by atoms with Crippen molar-refractivity contribution in [3.05, 3.63) is 28.5 Å². The van der Waals surface area contributed by atoms with E-state index in [0.717, 1.165) is 0 Å². The minimum atomic E-state index is -0.855. The molecule has 0 aromatic heterocycles. The van der Waals surface area contributed by atoms with Crippen LogP contribution < -0.4 is 10.1 Å². The first-order chi connectivity index (χ1) is 8.52. The molecule has 4 nitrogen and oxygen atoms in total. The molecule has 2 unspecified atom stereocenters. The third kappa shape index (κ3) is 2.42. The molecule has 0 bridgehead atoms. The summed E-state index contributed by atoms with van der Waals surface area (Å²) < 4.78 is 18.7. The van der Waals surface area contributed by atoms with Crippen molar-refractivity contribution < 1.29 is 19.0 Å². The molecule has 1 heterocycles. The zero-order valence-electron chi connectivity index (χ0n) is 9.74. The van der Waals surface area contributed by atoms with E-state index in [1.54, 1.807) is 6.07 Å². The molecule has 1 aromatic rings. The quantitative estimate of drug-likeness (QED) is 0.887. The Morgan fingerprint density at radius 3 is 2.89 bits per heavy atom. The second-order valence-corrected chi connectivity index (χ2v) is 4.68. The van der Waals surface area contributed by atoms with Gasteiger partial charge < -0.3 is 15.2 Å². The highest BCUT2D eigenvalue weighted by atomic mass is 35.5. The molecule has 1 saturated heterocycles. The number of carboxylic acids is 1. The van der Waals surface area contributed by atoms with Crippen LogP contribution in [0, 0.1) is 11.7 Å². The standard InChI is InChI=1S/C12H13ClFNO3/c1-18-11-8(3-7(13)4-9(11)14)10-2-6(5-15-10)12(16)17/h3-4,6,10,15H,2,5H2,1H3,(H,16,17). The van der Waals surface area contributed by atoms with Crippen LogP contribution in [-0.4, -0.2) is 24.7 Å². The predicted octanol–water partition coefficient (Wildman–Crippen LogP) is 2.22. The lowest BCUT2D eigenvalue weighted by Gasteiger charge is -2.16. The van der Waals surface area contributed by atoms with Crippen LogP contribution >= 0.6 is 11.6 Å². The van der Waals surface area contributed by atoms with Crippen LogP contribution in [0.1, 0.15) is 18.0 Å². The van der Waals surface area contributed by atoms with Gasteiger partial charge in [0, 0.05) is 23.2 Å². The molecule has 0 amide bonds. The molecule has 1 aliphatic rings. The fourth-order valence-electron chi connectivity index (χ4n) is 2.22. The van der Waals surface area contributed by atoms with Crippen LogP contribution in [-0.2, 0) is 4.79 Å². The zero-order valence-corrected chi connectivity index (χ0v) is 10.5. The maximum absolute atomic E-state index is 13.7. The van der Waals surface area contributed by atoms with Crippen molar-refractivity contribution in [2.45, 2.75) is 12.5 Å². The molecular weight excluding hydrogens is 261 g/mol. The van der Waals surface area contributed by atoms with Crippen molar-refractivity contribution in [2.24, 2.45) is 5.92 Å². The van der Waals surface area contributed by atoms with Gasteiger partial charge in [0.2, 0.25) is 0 Å². The maximum Gasteiger partial charge on any atom is 0.307 e. The van der Waals surface area contributed by atoms with Crippen LogP contribution in [0.25, 0.3) is 0 Å². The Kier molecular flexibility index (Phi) is 3.73. The lowest BCUT2D eigenvalue weighted by Crippen LogP contribution is -2.17. The van der Waals surface area contributed by atoms with E-state index in [1.807, 2.05) is 0 Å². The van der Waals surface area contributed by atoms with E-state index in [4.69, 9.17) is 21.4 Å². The molecule has 2 rings (SSSR count). The molecule has 2 atom stereocenters. The van der Waals surface area contributed by atoms with Gasteiger partial charge in [0.25, 0.3) is 0 Å². The lowest BCUT2D eigenvalue weighted by molar-refractivity contribution is -0.141. The highest BCUT2D eigenvalue weighted by Crippen LogP contribution is 2.36. The van der Waals surface area contributed by atoms with Gasteiger partial charge in [0.1, 0.15) is 0 Å². The van der Waals surface area contributed by atoms with Gasteiger partial charge in [-0.1, -0.05) is 11.6 Å². The first kappa shape index (κ1) is 13.1. The number of halogens is 2. The fraction of sp³-hybridized carbons (Fsp3) is 0.417. The number of nitrogens with one attached hydrogen (secondary N) is 1. The van der Waals surface area contributed by atoms with E-state index < -0.39 is 17.7 Å². The highest BCUT2D eigenvalue weighted by molar-refractivity contribution is 6.30. The number of ether oxygens (including phenoxy) is 1. The Labute approximate surface area is 109 Å². The summed E-state index contributed by atoms with van der Waals surface area (Å²) in [6.07, 6.45) is 0.394. The van der Waals surface area contributed by atoms with E-state index in [2.05, 4.69) is 5.32 Å². The minimum absolute atomic E-state index is 0.114. The molecule has 1 fully saturated rings. The molecule has 18 heavy (non-hydrogen) atoms. The fourth-order valence-corrected chi connectivity index (χ4v) is 2.43. The summed E-state index contributed by atoms with van der Waals surface area (Å²) in [5, 5.41) is 12.3. The average Bonchev–Trinajstić information content (AvgIpc) is 2.77. The van der Waals surface area contributed by atoms with Gasteiger partial charge in [0.15, 0.2) is 11.6 Å². The number of aliphatic carboxylic acids is 1. The first-order valence-corrected chi connectivity index (χ1v) is 5.90. The van der Waals surface area contributed by atoms with E-state index in [-0.39, 0.29) is 16.8 Å². The van der Waals surface area contributed by atoms with E-state index >= 15 is 0 Å². The number of carbonyl (C=O) groups is 1. The van der Waals surface area contributed by atoms with Gasteiger partial charge in [-0.3, -0.25) is 4.79 Å². The van der Waals surface area contributed by atoms with Crippen molar-refractivity contribution >= 4 is 17.6 Å². The lowest BCUT2D eigenvalue weighted by atomic mass is 9.99. The summed E-state index contributed by atoms with van der Waals surface area (Å²) in [6.45, 7) is 0.358. The summed E-state index contributed by atoms with van der Waals surface area (Å²) in [6, 6.07) is 2.52. The van der Waals surface area contributed by atoms with Crippen molar-refractivity contribution in [3.8, 4) is 5.75 Å². The smallest absolute Gasteiger partial charge is 0.307 e. The topological polar surface area (TPSA) is 58.6 Å². The third-order valence-electron chi connectivity index (χ3n) is 3.10. The third-order valence-corrected chi connectivity index (χ3v) is 3.31. The summed E-state index contributed by atoms with van der Waals surface area (Å²) in [5.74, 6) is -1.75. The van der Waals surface area contributed by atoms with Crippen molar-refractivity contribution in [1.82, 2.24) is 5.32 Å². The molecule has 6 heteroatoms. The normalized spacial score (nSPS) is 23.1. The Balaban J connectivity index is 2.31. The van der Waals surface area contributed by atoms with Gasteiger partial charge in [-0.25, -0.2) is 4.39 Å². The number of benzene rings is 1. The first-order valence-electron chi connectivity index (χ1n) is 5.52. The summed E-state index contributed by atoms with van der Waals surface area (Å²) in [4.78, 5) is 10.9. The van der Waals surface area contributed by atoms with Crippen LogP contribution in [0.2, 0.25) is 5.02 Å². The number of carboxylic acid groups (broad SMARTS) is 1. The predicted molar refractivity (Wildman–Crippen MR) is 64.4 cm³/mol. The molecule has 0 aliphatic carbocycles. The van der Waals surface area contributed by atoms with E-state index in [1.165, 1.54) is 13.2 Å². The van der Waals surface area contributed by atoms with Crippen LogP contribution in [0.5, 0.6) is 5.75 Å². The Morgan fingerprint density at radius 1 is 1.61 bits per heavy atom. The highest BCUT2D eigenvalue weighted by Gasteiger charge is 2.32. The summed E-state index contributed by atoms with van der Waals surface area (Å²) in [7, 11) is 1.37. The van der Waals surface area contributed by atoms with Crippen molar-refractivity contribution in [2.75, 3.05) is 13.7 Å². The van der Waals surface area contributed by atoms with Gasteiger partial charge in [-0.05, 0) is 18.6 Å². The maximum atomic E-state index is 13.7. The molecule has 98 valence electrons. The largest absolute Gasteiger partial charge is 0.493 e. The molecule has 0 saturated carbocycles. The summed E-state index contributed by atoms with van der Waals surface area (Å²) >= 11 is 5.82. The van der Waals surface area contributed by atoms with Crippen molar-refractivity contribution in [1.29, 1.82) is 0 Å². The Hall–Kier alpha value is -1.33. The number of rotatable bonds is 3. The van der Waals surface area contributed by atoms with E-state index in [0.29, 0.717) is 18.5 Å². The molecule has 2 N–H and O–H groups in total. The molecule has 0 radical (unpaired) electrons. The minimum Gasteiger partial charge on any atom is -0.493 e. The second-order valence-electron chi connectivity index (χ2n) is 4.24. The second kappa shape index (κ2) is 5.12. The van der Waals surface area contributed by atoms with E-state index in [9.17, 15) is 9.18 Å². The monoisotopic (exact) mass is 273 g/mol.